The summed E-state index contributed by atoms with van der Waals surface area (Å²) in [5.74, 6) is -0.0817. The summed E-state index contributed by atoms with van der Waals surface area (Å²) in [5, 5.41) is 2.82. The van der Waals surface area contributed by atoms with Gasteiger partial charge in [-0.25, -0.2) is 0 Å². The number of carbonyl (C=O) groups excluding carboxylic acids is 1. The molecule has 0 radical (unpaired) electrons. The van der Waals surface area contributed by atoms with Crippen LogP contribution in [0.3, 0.4) is 0 Å². The van der Waals surface area contributed by atoms with E-state index in [1.165, 1.54) is 64.2 Å². The van der Waals surface area contributed by atoms with Gasteiger partial charge in [0.05, 0.1) is 0 Å². The summed E-state index contributed by atoms with van der Waals surface area (Å²) in [6.07, 6.45) is 15.0. The van der Waals surface area contributed by atoms with Gasteiger partial charge in [-0.05, 0) is 24.3 Å². The van der Waals surface area contributed by atoms with E-state index in [1.807, 2.05) is 48.5 Å². The Bertz CT molecular complexity index is 552. The Hall–Kier alpha value is -1.21. The third-order valence-electron chi connectivity index (χ3n) is 4.57. The van der Waals surface area contributed by atoms with E-state index in [0.29, 0.717) is 5.56 Å². The van der Waals surface area contributed by atoms with E-state index in [4.69, 9.17) is 0 Å². The van der Waals surface area contributed by atoms with Crippen LogP contribution in [0.15, 0.2) is 60.7 Å². The Morgan fingerprint density at radius 3 is 1.31 bits per heavy atom. The number of amides is 1. The summed E-state index contributed by atoms with van der Waals surface area (Å²) in [6, 6.07) is 18.6. The van der Waals surface area contributed by atoms with Gasteiger partial charge in [0.1, 0.15) is 0 Å². The molecule has 0 heterocycles. The molecule has 2 aromatic carbocycles. The third-order valence-corrected chi connectivity index (χ3v) is 4.57. The van der Waals surface area contributed by atoms with E-state index in [9.17, 15) is 4.79 Å². The fourth-order valence-electron chi connectivity index (χ4n) is 3.08. The van der Waals surface area contributed by atoms with Gasteiger partial charge in [0.15, 0.2) is 0 Å². The smallest absolute Gasteiger partial charge is 0.322 e. The van der Waals surface area contributed by atoms with Gasteiger partial charge in [0.2, 0.25) is 0 Å². The zero-order valence-corrected chi connectivity index (χ0v) is 18.2. The molecule has 26 heavy (non-hydrogen) atoms. The number of hydrogen-bond donors (Lipinski definition) is 1. The van der Waals surface area contributed by atoms with Crippen LogP contribution in [-0.2, 0) is 26.2 Å². The zero-order chi connectivity index (χ0) is 17.6. The maximum absolute atomic E-state index is 11.7. The summed E-state index contributed by atoms with van der Waals surface area (Å²) in [4.78, 5) is 11.7. The quantitative estimate of drug-likeness (QED) is 0.557. The second kappa shape index (κ2) is 14.9. The summed E-state index contributed by atoms with van der Waals surface area (Å²) < 4.78 is 0. The molecule has 4 rings (SSSR count). The van der Waals surface area contributed by atoms with E-state index in [-0.39, 0.29) is 32.1 Å². The van der Waals surface area contributed by atoms with Crippen molar-refractivity contribution in [1.82, 2.24) is 0 Å². The summed E-state index contributed by atoms with van der Waals surface area (Å²) in [5.41, 5.74) is 1.48. The fraction of sp³-hybridized carbons (Fsp3) is 0.435. The molecule has 3 heteroatoms. The van der Waals surface area contributed by atoms with E-state index in [0.717, 1.165) is 5.69 Å². The van der Waals surface area contributed by atoms with Crippen molar-refractivity contribution in [3.63, 3.8) is 0 Å². The number of carbonyl (C=O) groups is 1. The maximum Gasteiger partial charge on any atom is 2.00 e. The van der Waals surface area contributed by atoms with Crippen LogP contribution in [0.1, 0.15) is 74.6 Å². The monoisotopic (exact) mass is 427 g/mol. The van der Waals surface area contributed by atoms with Gasteiger partial charge in [-0.1, -0.05) is 101 Å². The van der Waals surface area contributed by atoms with Crippen molar-refractivity contribution in [3.8, 4) is 0 Å². The van der Waals surface area contributed by atoms with Gasteiger partial charge in [0.25, 0.3) is 5.91 Å². The van der Waals surface area contributed by atoms with Gasteiger partial charge in [0, 0.05) is 11.3 Å². The van der Waals surface area contributed by atoms with Crippen LogP contribution in [-0.4, -0.2) is 5.91 Å². The first-order valence-electron chi connectivity index (χ1n) is 9.78. The predicted molar refractivity (Wildman–Crippen MR) is 107 cm³/mol. The summed E-state index contributed by atoms with van der Waals surface area (Å²) in [6.45, 7) is 0. The molecule has 0 bridgehead atoms. The number of anilines is 1. The first-order chi connectivity index (χ1) is 12.4. The normalized spacial score (nSPS) is 14.8. The SMILES string of the molecule is C1CCCC1.C1CCCC1.O=C(Nc1ccccc1)c1ccccc1.[Zr+2]. The third kappa shape index (κ3) is 10.1. The van der Waals surface area contributed by atoms with Crippen LogP contribution in [0.2, 0.25) is 0 Å². The van der Waals surface area contributed by atoms with Crippen LogP contribution in [0.25, 0.3) is 0 Å². The molecule has 136 valence electrons. The van der Waals surface area contributed by atoms with Crippen molar-refractivity contribution in [1.29, 1.82) is 0 Å². The minimum Gasteiger partial charge on any atom is -0.322 e. The van der Waals surface area contributed by atoms with Gasteiger partial charge < -0.3 is 5.32 Å². The van der Waals surface area contributed by atoms with E-state index < -0.39 is 0 Å². The van der Waals surface area contributed by atoms with E-state index >= 15 is 0 Å². The predicted octanol–water partition coefficient (Wildman–Crippen LogP) is 6.84. The number of benzene rings is 2. The van der Waals surface area contributed by atoms with Crippen molar-refractivity contribution in [2.24, 2.45) is 0 Å². The average Bonchev–Trinajstić information content (AvgIpc) is 3.42. The second-order valence-electron chi connectivity index (χ2n) is 6.72. The first-order valence-corrected chi connectivity index (χ1v) is 9.78. The van der Waals surface area contributed by atoms with Crippen LogP contribution in [0, 0.1) is 0 Å². The molecule has 1 N–H and O–H groups in total. The van der Waals surface area contributed by atoms with Crippen LogP contribution >= 0.6 is 0 Å². The number of hydrogen-bond acceptors (Lipinski definition) is 1. The molecule has 0 unspecified atom stereocenters. The number of nitrogens with one attached hydrogen (secondary N) is 1. The Balaban J connectivity index is 0.000000251. The van der Waals surface area contributed by atoms with Crippen LogP contribution in [0.5, 0.6) is 0 Å². The van der Waals surface area contributed by atoms with Gasteiger partial charge in [-0.2, -0.15) is 0 Å². The first kappa shape index (κ1) is 22.8. The molecule has 2 aliphatic carbocycles. The topological polar surface area (TPSA) is 29.1 Å². The molecule has 0 aromatic heterocycles. The Morgan fingerprint density at radius 2 is 0.923 bits per heavy atom. The number of para-hydroxylation sites is 1. The molecule has 0 atom stereocenters. The number of rotatable bonds is 2. The van der Waals surface area contributed by atoms with Crippen molar-refractivity contribution in [2.75, 3.05) is 5.32 Å². The molecule has 0 saturated heterocycles. The molecule has 2 aliphatic rings. The molecule has 2 saturated carbocycles. The summed E-state index contributed by atoms with van der Waals surface area (Å²) >= 11 is 0. The van der Waals surface area contributed by atoms with Gasteiger partial charge in [-0.15, -0.1) is 0 Å². The van der Waals surface area contributed by atoms with Crippen molar-refractivity contribution in [3.05, 3.63) is 66.2 Å². The minimum absolute atomic E-state index is 0. The Morgan fingerprint density at radius 1 is 0.577 bits per heavy atom. The molecule has 2 aromatic rings. The molecular formula is C23H31NOZr+2. The van der Waals surface area contributed by atoms with Crippen molar-refractivity contribution >= 4 is 11.6 Å². The second-order valence-corrected chi connectivity index (χ2v) is 6.72. The van der Waals surface area contributed by atoms with Gasteiger partial charge in [-0.3, -0.25) is 4.79 Å². The minimum atomic E-state index is -0.0817. The maximum atomic E-state index is 11.7. The average molecular weight is 429 g/mol. The largest absolute Gasteiger partial charge is 2.00 e. The van der Waals surface area contributed by atoms with E-state index in [2.05, 4.69) is 5.32 Å². The Labute approximate surface area is 177 Å². The van der Waals surface area contributed by atoms with E-state index in [1.54, 1.807) is 12.1 Å². The van der Waals surface area contributed by atoms with Crippen LogP contribution in [0.4, 0.5) is 5.69 Å². The van der Waals surface area contributed by atoms with Gasteiger partial charge >= 0.3 is 26.2 Å². The fourth-order valence-corrected chi connectivity index (χ4v) is 3.08. The van der Waals surface area contributed by atoms with Crippen LogP contribution < -0.4 is 5.32 Å². The molecule has 0 aliphatic heterocycles. The standard InChI is InChI=1S/C13H11NO.2C5H10.Zr/c15-13(11-7-3-1-4-8-11)14-12-9-5-2-6-10-12;2*1-2-4-5-3-1;/h1-10H,(H,14,15);2*1-5H2;/q;;;+2. The van der Waals surface area contributed by atoms with Crippen molar-refractivity contribution < 1.29 is 31.0 Å². The summed E-state index contributed by atoms with van der Waals surface area (Å²) in [7, 11) is 0. The Kier molecular flexibility index (Phi) is 13.1. The molecule has 2 fully saturated rings. The molecule has 2 nitrogen and oxygen atoms in total. The van der Waals surface area contributed by atoms with Crippen molar-refractivity contribution in [2.45, 2.75) is 64.2 Å². The molecular weight excluding hydrogens is 397 g/mol. The molecule has 1 amide bonds. The molecule has 0 spiro atoms. The zero-order valence-electron chi connectivity index (χ0n) is 15.8.